The van der Waals surface area contributed by atoms with Crippen LogP contribution in [-0.2, 0) is 33.3 Å². The number of allylic oxidation sites excluding steroid dienone is 10. The molecule has 0 aromatic heterocycles. The number of hydrogen-bond acceptors (Lipinski definition) is 10. The first-order chi connectivity index (χ1) is 29.2. The van der Waals surface area contributed by atoms with Crippen LogP contribution in [0.15, 0.2) is 60.8 Å². The topological polar surface area (TPSA) is 169 Å². The molecule has 1 fully saturated rings. The fourth-order valence-corrected chi connectivity index (χ4v) is 6.69. The van der Waals surface area contributed by atoms with Gasteiger partial charge in [-0.1, -0.05) is 152 Å². The number of ether oxygens (including phenoxy) is 4. The molecule has 4 N–H and O–H groups in total. The molecule has 11 heteroatoms. The molecule has 1 rings (SSSR count). The zero-order chi connectivity index (χ0) is 43.9. The van der Waals surface area contributed by atoms with Crippen molar-refractivity contribution in [2.75, 3.05) is 13.2 Å². The summed E-state index contributed by atoms with van der Waals surface area (Å²) in [5, 5.41) is 39.9. The standard InChI is InChI=1S/C49H82O11/c1-3-5-7-9-11-13-15-17-19-21-23-25-27-29-31-33-35-37-42(50)57-39-41(40-58-49-46(54)44(52)45(53)47(60-49)48(55)56)59-43(51)38-36-34-32-30-28-26-24-22-20-18-16-14-12-10-8-6-4-2/h5,7,11-14,17-20,41,44-47,49,52-54H,3-4,6,8-10,15-16,21-40H2,1-2H3,(H,55,56)/b7-5-,13-11-,14-12-,19-17-,20-18-. The Morgan fingerprint density at radius 3 is 1.48 bits per heavy atom. The predicted octanol–water partition coefficient (Wildman–Crippen LogP) is 10.3. The minimum absolute atomic E-state index is 0.169. The van der Waals surface area contributed by atoms with Gasteiger partial charge in [0.2, 0.25) is 0 Å². The Labute approximate surface area is 362 Å². The zero-order valence-corrected chi connectivity index (χ0v) is 37.2. The molecule has 60 heavy (non-hydrogen) atoms. The maximum Gasteiger partial charge on any atom is 0.335 e. The van der Waals surface area contributed by atoms with Gasteiger partial charge >= 0.3 is 17.9 Å². The molecule has 1 aliphatic rings. The second-order valence-electron chi connectivity index (χ2n) is 15.9. The van der Waals surface area contributed by atoms with Gasteiger partial charge in [0, 0.05) is 12.8 Å². The van der Waals surface area contributed by atoms with Crippen molar-refractivity contribution in [3.8, 4) is 0 Å². The van der Waals surface area contributed by atoms with Crippen molar-refractivity contribution in [3.63, 3.8) is 0 Å². The lowest BCUT2D eigenvalue weighted by Crippen LogP contribution is -2.60. The molecule has 1 aliphatic heterocycles. The average molecular weight is 847 g/mol. The second kappa shape index (κ2) is 38.8. The Hall–Kier alpha value is -3.09. The molecule has 1 heterocycles. The number of unbranched alkanes of at least 4 members (excludes halogenated alkanes) is 17. The van der Waals surface area contributed by atoms with E-state index in [0.717, 1.165) is 89.9 Å². The Morgan fingerprint density at radius 1 is 0.533 bits per heavy atom. The third-order valence-electron chi connectivity index (χ3n) is 10.4. The van der Waals surface area contributed by atoms with E-state index in [-0.39, 0.29) is 19.4 Å². The summed E-state index contributed by atoms with van der Waals surface area (Å²) in [6.45, 7) is 3.66. The number of aliphatic hydroxyl groups excluding tert-OH is 3. The Balaban J connectivity index is 2.36. The second-order valence-corrected chi connectivity index (χ2v) is 15.9. The monoisotopic (exact) mass is 847 g/mol. The smallest absolute Gasteiger partial charge is 0.335 e. The number of aliphatic carboxylic acids is 1. The molecule has 0 radical (unpaired) electrons. The number of esters is 2. The van der Waals surface area contributed by atoms with Gasteiger partial charge < -0.3 is 39.4 Å². The normalized spacial score (nSPS) is 20.3. The molecule has 0 spiro atoms. The fraction of sp³-hybridized carbons (Fsp3) is 0.735. The molecule has 0 aromatic carbocycles. The summed E-state index contributed by atoms with van der Waals surface area (Å²) in [5.41, 5.74) is 0. The van der Waals surface area contributed by atoms with Crippen LogP contribution in [0.5, 0.6) is 0 Å². The van der Waals surface area contributed by atoms with Crippen molar-refractivity contribution < 1.29 is 53.8 Å². The van der Waals surface area contributed by atoms with E-state index in [1.165, 1.54) is 51.4 Å². The molecule has 6 unspecified atom stereocenters. The first kappa shape index (κ1) is 54.9. The number of carbonyl (C=O) groups excluding carboxylic acids is 2. The summed E-state index contributed by atoms with van der Waals surface area (Å²) in [4.78, 5) is 36.9. The number of carboxylic acid groups (broad SMARTS) is 1. The van der Waals surface area contributed by atoms with Crippen LogP contribution in [0.3, 0.4) is 0 Å². The van der Waals surface area contributed by atoms with Gasteiger partial charge in [-0.15, -0.1) is 0 Å². The highest BCUT2D eigenvalue weighted by Gasteiger charge is 2.47. The van der Waals surface area contributed by atoms with Crippen molar-refractivity contribution >= 4 is 17.9 Å². The number of aliphatic hydroxyl groups is 3. The predicted molar refractivity (Wildman–Crippen MR) is 238 cm³/mol. The van der Waals surface area contributed by atoms with Gasteiger partial charge in [0.1, 0.15) is 24.9 Å². The Bertz CT molecular complexity index is 1230. The molecule has 6 atom stereocenters. The summed E-state index contributed by atoms with van der Waals surface area (Å²) in [6.07, 6.45) is 38.3. The van der Waals surface area contributed by atoms with Crippen LogP contribution < -0.4 is 0 Å². The van der Waals surface area contributed by atoms with E-state index in [1.54, 1.807) is 0 Å². The van der Waals surface area contributed by atoms with Crippen LogP contribution in [0.4, 0.5) is 0 Å². The molecule has 0 amide bonds. The summed E-state index contributed by atoms with van der Waals surface area (Å²) >= 11 is 0. The molecule has 344 valence electrons. The highest BCUT2D eigenvalue weighted by molar-refractivity contribution is 5.73. The summed E-state index contributed by atoms with van der Waals surface area (Å²) < 4.78 is 21.7. The Morgan fingerprint density at radius 2 is 0.983 bits per heavy atom. The lowest BCUT2D eigenvalue weighted by molar-refractivity contribution is -0.298. The van der Waals surface area contributed by atoms with E-state index in [0.29, 0.717) is 12.8 Å². The van der Waals surface area contributed by atoms with E-state index in [9.17, 15) is 34.8 Å². The van der Waals surface area contributed by atoms with E-state index >= 15 is 0 Å². The first-order valence-electron chi connectivity index (χ1n) is 23.3. The molecule has 0 bridgehead atoms. The molecule has 0 aliphatic carbocycles. The molecular formula is C49H82O11. The van der Waals surface area contributed by atoms with Gasteiger partial charge in [-0.3, -0.25) is 9.59 Å². The fourth-order valence-electron chi connectivity index (χ4n) is 6.69. The van der Waals surface area contributed by atoms with Crippen LogP contribution in [-0.4, -0.2) is 88.4 Å². The molecule has 1 saturated heterocycles. The van der Waals surface area contributed by atoms with Crippen molar-refractivity contribution in [1.82, 2.24) is 0 Å². The lowest BCUT2D eigenvalue weighted by Gasteiger charge is -2.38. The highest BCUT2D eigenvalue weighted by Crippen LogP contribution is 2.23. The van der Waals surface area contributed by atoms with Crippen LogP contribution >= 0.6 is 0 Å². The van der Waals surface area contributed by atoms with E-state index in [1.807, 2.05) is 0 Å². The maximum absolute atomic E-state index is 12.8. The van der Waals surface area contributed by atoms with Crippen molar-refractivity contribution in [2.45, 2.75) is 218 Å². The van der Waals surface area contributed by atoms with E-state index in [4.69, 9.17) is 18.9 Å². The SMILES string of the molecule is CC/C=C\C/C=C\C/C=C\CCCCCCCCCC(=O)OCC(COC1OC(C(=O)O)C(O)C(O)C1O)OC(=O)CCCCCCCCC/C=C\C/C=C\CCCCC. The first-order valence-corrected chi connectivity index (χ1v) is 23.3. The van der Waals surface area contributed by atoms with E-state index in [2.05, 4.69) is 74.6 Å². The zero-order valence-electron chi connectivity index (χ0n) is 37.2. The molecule has 11 nitrogen and oxygen atoms in total. The quantitative estimate of drug-likeness (QED) is 0.0265. The largest absolute Gasteiger partial charge is 0.479 e. The van der Waals surface area contributed by atoms with Crippen molar-refractivity contribution in [1.29, 1.82) is 0 Å². The van der Waals surface area contributed by atoms with Crippen molar-refractivity contribution in [3.05, 3.63) is 60.8 Å². The maximum atomic E-state index is 12.8. The summed E-state index contributed by atoms with van der Waals surface area (Å²) in [5.74, 6) is -2.47. The minimum atomic E-state index is -1.87. The molecule has 0 saturated carbocycles. The number of carbonyl (C=O) groups is 3. The number of hydrogen-bond donors (Lipinski definition) is 4. The van der Waals surface area contributed by atoms with E-state index < -0.39 is 61.3 Å². The number of rotatable bonds is 38. The summed E-state index contributed by atoms with van der Waals surface area (Å²) in [7, 11) is 0. The van der Waals surface area contributed by atoms with Gasteiger partial charge in [0.25, 0.3) is 0 Å². The Kier molecular flexibility index (Phi) is 35.5. The summed E-state index contributed by atoms with van der Waals surface area (Å²) in [6, 6.07) is 0. The molecule has 0 aromatic rings. The van der Waals surface area contributed by atoms with Gasteiger partial charge in [0.05, 0.1) is 6.61 Å². The van der Waals surface area contributed by atoms with Gasteiger partial charge in [-0.25, -0.2) is 4.79 Å². The van der Waals surface area contributed by atoms with Gasteiger partial charge in [-0.05, 0) is 77.0 Å². The average Bonchev–Trinajstić information content (AvgIpc) is 3.23. The molecular weight excluding hydrogens is 765 g/mol. The highest BCUT2D eigenvalue weighted by atomic mass is 16.7. The van der Waals surface area contributed by atoms with Crippen LogP contribution in [0.25, 0.3) is 0 Å². The number of carboxylic acids is 1. The van der Waals surface area contributed by atoms with Gasteiger partial charge in [0.15, 0.2) is 18.5 Å². The van der Waals surface area contributed by atoms with Crippen molar-refractivity contribution in [2.24, 2.45) is 0 Å². The van der Waals surface area contributed by atoms with Crippen LogP contribution in [0, 0.1) is 0 Å². The lowest BCUT2D eigenvalue weighted by atomic mass is 9.99. The third-order valence-corrected chi connectivity index (χ3v) is 10.4. The van der Waals surface area contributed by atoms with Gasteiger partial charge in [-0.2, -0.15) is 0 Å². The minimum Gasteiger partial charge on any atom is -0.479 e. The van der Waals surface area contributed by atoms with Crippen LogP contribution in [0.1, 0.15) is 181 Å². The third kappa shape index (κ3) is 30.0. The van der Waals surface area contributed by atoms with Crippen LogP contribution in [0.2, 0.25) is 0 Å².